The van der Waals surface area contributed by atoms with Crippen LogP contribution < -0.4 is 0 Å². The highest BCUT2D eigenvalue weighted by atomic mass is 16.6. The van der Waals surface area contributed by atoms with E-state index in [-0.39, 0.29) is 5.56 Å². The molecule has 1 heterocycles. The molecule has 1 aromatic carbocycles. The van der Waals surface area contributed by atoms with Crippen LogP contribution in [0.1, 0.15) is 10.4 Å². The van der Waals surface area contributed by atoms with E-state index in [9.17, 15) is 25.0 Å². The smallest absolute Gasteiger partial charge is 0.338 e. The Morgan fingerprint density at radius 3 is 2.19 bits per heavy atom. The molecule has 21 heavy (non-hydrogen) atoms. The minimum atomic E-state index is -0.925. The van der Waals surface area contributed by atoms with E-state index in [1.165, 1.54) is 12.4 Å². The van der Waals surface area contributed by atoms with Crippen molar-refractivity contribution in [1.82, 2.24) is 15.0 Å². The van der Waals surface area contributed by atoms with Crippen LogP contribution in [0.3, 0.4) is 0 Å². The van der Waals surface area contributed by atoms with E-state index < -0.39 is 32.9 Å². The Labute approximate surface area is 116 Å². The summed E-state index contributed by atoms with van der Waals surface area (Å²) >= 11 is 0. The molecule has 0 saturated heterocycles. The van der Waals surface area contributed by atoms with Crippen LogP contribution in [0, 0.1) is 20.2 Å². The van der Waals surface area contributed by atoms with Crippen LogP contribution in [0.4, 0.5) is 11.4 Å². The first-order valence-corrected chi connectivity index (χ1v) is 5.37. The molecule has 0 unspecified atom stereocenters. The number of benzene rings is 1. The third kappa shape index (κ3) is 2.51. The molecular weight excluding hydrogens is 286 g/mol. The molecule has 0 radical (unpaired) electrons. The lowest BCUT2D eigenvalue weighted by Gasteiger charge is -2.06. The Morgan fingerprint density at radius 1 is 1.24 bits per heavy atom. The molecule has 108 valence electrons. The Kier molecular flexibility index (Phi) is 3.56. The number of esters is 1. The summed E-state index contributed by atoms with van der Waals surface area (Å²) < 4.78 is 5.30. The van der Waals surface area contributed by atoms with Gasteiger partial charge in [-0.1, -0.05) is 5.21 Å². The SMILES string of the molecule is COC(=O)c1cc([N+](=O)[O-])c(-n2ccnn2)c([N+](=O)[O-])c1. The van der Waals surface area contributed by atoms with E-state index in [0.717, 1.165) is 23.9 Å². The second-order valence-corrected chi connectivity index (χ2v) is 3.72. The van der Waals surface area contributed by atoms with Gasteiger partial charge in [-0.3, -0.25) is 20.2 Å². The van der Waals surface area contributed by atoms with Gasteiger partial charge in [-0.15, -0.1) is 5.10 Å². The number of nitro benzene ring substituents is 2. The first kappa shape index (κ1) is 14.0. The molecule has 2 aromatic rings. The molecule has 11 nitrogen and oxygen atoms in total. The predicted molar refractivity (Wildman–Crippen MR) is 66.0 cm³/mol. The maximum atomic E-state index is 11.5. The summed E-state index contributed by atoms with van der Waals surface area (Å²) in [7, 11) is 1.06. The van der Waals surface area contributed by atoms with Gasteiger partial charge in [-0.2, -0.15) is 0 Å². The van der Waals surface area contributed by atoms with Gasteiger partial charge in [0.25, 0.3) is 0 Å². The van der Waals surface area contributed by atoms with Gasteiger partial charge in [0.05, 0.1) is 34.9 Å². The average Bonchev–Trinajstić information content (AvgIpc) is 2.98. The normalized spacial score (nSPS) is 10.1. The van der Waals surface area contributed by atoms with Crippen molar-refractivity contribution in [3.05, 3.63) is 50.3 Å². The molecule has 1 aromatic heterocycles. The Hall–Kier alpha value is -3.37. The molecule has 0 spiro atoms. The fraction of sp³-hybridized carbons (Fsp3) is 0.100. The van der Waals surface area contributed by atoms with Crippen molar-refractivity contribution in [3.63, 3.8) is 0 Å². The number of rotatable bonds is 4. The van der Waals surface area contributed by atoms with Gasteiger partial charge in [0, 0.05) is 12.1 Å². The van der Waals surface area contributed by atoms with Crippen LogP contribution in [-0.2, 0) is 4.74 Å². The first-order valence-electron chi connectivity index (χ1n) is 5.37. The lowest BCUT2D eigenvalue weighted by Crippen LogP contribution is -2.09. The van der Waals surface area contributed by atoms with Crippen molar-refractivity contribution in [3.8, 4) is 5.69 Å². The van der Waals surface area contributed by atoms with E-state index >= 15 is 0 Å². The average molecular weight is 293 g/mol. The quantitative estimate of drug-likeness (QED) is 0.458. The molecule has 11 heteroatoms. The number of hydrogen-bond acceptors (Lipinski definition) is 8. The summed E-state index contributed by atoms with van der Waals surface area (Å²) in [5, 5.41) is 29.2. The second-order valence-electron chi connectivity index (χ2n) is 3.72. The van der Waals surface area contributed by atoms with Gasteiger partial charge in [0.2, 0.25) is 5.69 Å². The monoisotopic (exact) mass is 293 g/mol. The van der Waals surface area contributed by atoms with Crippen molar-refractivity contribution in [2.24, 2.45) is 0 Å². The lowest BCUT2D eigenvalue weighted by molar-refractivity contribution is -0.393. The zero-order valence-electron chi connectivity index (χ0n) is 10.5. The van der Waals surface area contributed by atoms with E-state index in [4.69, 9.17) is 0 Å². The standard InChI is InChI=1S/C10H7N5O6/c1-21-10(16)6-4-7(14(17)18)9(8(5-6)15(19)20)13-3-2-11-12-13/h2-5H,1H3. The fourth-order valence-electron chi connectivity index (χ4n) is 1.68. The van der Waals surface area contributed by atoms with Crippen LogP contribution in [0.5, 0.6) is 0 Å². The second kappa shape index (κ2) is 5.32. The fourth-order valence-corrected chi connectivity index (χ4v) is 1.68. The number of nitrogens with zero attached hydrogens (tertiary/aromatic N) is 5. The molecule has 0 saturated carbocycles. The van der Waals surface area contributed by atoms with Crippen molar-refractivity contribution in [2.45, 2.75) is 0 Å². The molecule has 0 aliphatic carbocycles. The molecule has 0 fully saturated rings. The number of ether oxygens (including phenoxy) is 1. The minimum absolute atomic E-state index is 0.306. The van der Waals surface area contributed by atoms with Gasteiger partial charge < -0.3 is 4.74 Å². The number of carbonyl (C=O) groups excluding carboxylic acids is 1. The maximum absolute atomic E-state index is 11.5. The van der Waals surface area contributed by atoms with Gasteiger partial charge in [0.1, 0.15) is 0 Å². The summed E-state index contributed by atoms with van der Waals surface area (Å²) in [5.74, 6) is -0.925. The Morgan fingerprint density at radius 2 is 1.81 bits per heavy atom. The highest BCUT2D eigenvalue weighted by molar-refractivity contribution is 5.92. The minimum Gasteiger partial charge on any atom is -0.465 e. The molecule has 0 N–H and O–H groups in total. The van der Waals surface area contributed by atoms with Crippen LogP contribution in [0.2, 0.25) is 0 Å². The first-order chi connectivity index (χ1) is 9.95. The molecule has 0 aliphatic rings. The van der Waals surface area contributed by atoms with E-state index in [1.807, 2.05) is 0 Å². The molecular formula is C10H7N5O6. The molecule has 2 rings (SSSR count). The summed E-state index contributed by atoms with van der Waals surface area (Å²) in [6, 6.07) is 1.77. The molecule has 0 amide bonds. The van der Waals surface area contributed by atoms with Gasteiger partial charge in [-0.25, -0.2) is 9.48 Å². The number of nitro groups is 2. The predicted octanol–water partition coefficient (Wildman–Crippen LogP) is 0.870. The van der Waals surface area contributed by atoms with Gasteiger partial charge in [0.15, 0.2) is 0 Å². The lowest BCUT2D eigenvalue weighted by atomic mass is 10.1. The molecule has 0 aliphatic heterocycles. The van der Waals surface area contributed by atoms with Crippen molar-refractivity contribution in [2.75, 3.05) is 7.11 Å². The van der Waals surface area contributed by atoms with Crippen molar-refractivity contribution in [1.29, 1.82) is 0 Å². The van der Waals surface area contributed by atoms with Crippen LogP contribution >= 0.6 is 0 Å². The van der Waals surface area contributed by atoms with Crippen LogP contribution in [0.15, 0.2) is 24.5 Å². The summed E-state index contributed by atoms with van der Waals surface area (Å²) in [5.41, 5.74) is -2.01. The number of carbonyl (C=O) groups is 1. The summed E-state index contributed by atoms with van der Waals surface area (Å²) in [4.78, 5) is 32.0. The Balaban J connectivity index is 2.81. The Bertz CT molecular complexity index is 691. The highest BCUT2D eigenvalue weighted by Gasteiger charge is 2.30. The van der Waals surface area contributed by atoms with E-state index in [2.05, 4.69) is 15.0 Å². The zero-order chi connectivity index (χ0) is 15.6. The van der Waals surface area contributed by atoms with Gasteiger partial charge >= 0.3 is 17.3 Å². The summed E-state index contributed by atoms with van der Waals surface area (Å²) in [6.07, 6.45) is 2.43. The van der Waals surface area contributed by atoms with Crippen molar-refractivity contribution >= 4 is 17.3 Å². The summed E-state index contributed by atoms with van der Waals surface area (Å²) in [6.45, 7) is 0. The van der Waals surface area contributed by atoms with Crippen LogP contribution in [0.25, 0.3) is 5.69 Å². The highest BCUT2D eigenvalue weighted by Crippen LogP contribution is 2.33. The van der Waals surface area contributed by atoms with Crippen LogP contribution in [-0.4, -0.2) is 37.9 Å². The van der Waals surface area contributed by atoms with E-state index in [0.29, 0.717) is 0 Å². The van der Waals surface area contributed by atoms with Gasteiger partial charge in [-0.05, 0) is 0 Å². The third-order valence-electron chi connectivity index (χ3n) is 2.54. The topological polar surface area (TPSA) is 143 Å². The maximum Gasteiger partial charge on any atom is 0.338 e. The van der Waals surface area contributed by atoms with Crippen molar-refractivity contribution < 1.29 is 19.4 Å². The molecule has 0 atom stereocenters. The third-order valence-corrected chi connectivity index (χ3v) is 2.54. The zero-order valence-corrected chi connectivity index (χ0v) is 10.5. The van der Waals surface area contributed by atoms with E-state index in [1.54, 1.807) is 0 Å². The number of methoxy groups -OCH3 is 1. The molecule has 0 bridgehead atoms. The number of aromatic nitrogens is 3. The largest absolute Gasteiger partial charge is 0.465 e. The number of hydrogen-bond donors (Lipinski definition) is 0.